The van der Waals surface area contributed by atoms with E-state index in [0.717, 1.165) is 38.5 Å². The van der Waals surface area contributed by atoms with Gasteiger partial charge in [-0.05, 0) is 74.5 Å². The second-order valence-electron chi connectivity index (χ2n) is 12.2. The fourth-order valence-corrected chi connectivity index (χ4v) is 8.87. The Labute approximate surface area is 234 Å². The van der Waals surface area contributed by atoms with Gasteiger partial charge in [-0.25, -0.2) is 22.8 Å². The molecule has 39 heavy (non-hydrogen) atoms. The lowest BCUT2D eigenvalue weighted by atomic mass is 9.70. The summed E-state index contributed by atoms with van der Waals surface area (Å²) >= 11 is 6.60. The molecule has 0 spiro atoms. The summed E-state index contributed by atoms with van der Waals surface area (Å²) in [5.74, 6) is 1.10. The molecule has 2 aromatic heterocycles. The molecule has 5 fully saturated rings. The summed E-state index contributed by atoms with van der Waals surface area (Å²) in [5.41, 5.74) is 1.03. The summed E-state index contributed by atoms with van der Waals surface area (Å²) in [6.45, 7) is 4.22. The lowest BCUT2D eigenvalue weighted by Crippen LogP contribution is -2.55. The molecule has 11 heteroatoms. The van der Waals surface area contributed by atoms with Crippen LogP contribution in [0.1, 0.15) is 51.9 Å². The summed E-state index contributed by atoms with van der Waals surface area (Å²) in [6.07, 6.45) is 7.99. The molecule has 7 rings (SSSR count). The Bertz CT molecular complexity index is 1330. The number of sulfone groups is 1. The number of hydrogen-bond acceptors (Lipinski definition) is 8. The number of fused-ring (bicyclic) bond motifs is 2. The first-order chi connectivity index (χ1) is 18.6. The van der Waals surface area contributed by atoms with E-state index in [1.165, 1.54) is 6.07 Å². The predicted molar refractivity (Wildman–Crippen MR) is 151 cm³/mol. The maximum absolute atomic E-state index is 14.7. The molecule has 0 radical (unpaired) electrons. The fraction of sp³-hybridized carbons (Fsp3) is 0.643. The van der Waals surface area contributed by atoms with Gasteiger partial charge < -0.3 is 20.7 Å². The maximum Gasteiger partial charge on any atom is 0.165 e. The zero-order valence-electron chi connectivity index (χ0n) is 22.3. The van der Waals surface area contributed by atoms with Crippen molar-refractivity contribution in [2.75, 3.05) is 41.9 Å². The van der Waals surface area contributed by atoms with Gasteiger partial charge in [-0.2, -0.15) is 0 Å². The van der Waals surface area contributed by atoms with E-state index in [-0.39, 0.29) is 40.2 Å². The second kappa shape index (κ2) is 10.4. The van der Waals surface area contributed by atoms with Crippen LogP contribution in [-0.2, 0) is 14.6 Å². The number of hydrogen-bond donors (Lipinski definition) is 3. The summed E-state index contributed by atoms with van der Waals surface area (Å²) < 4.78 is 45.1. The van der Waals surface area contributed by atoms with Gasteiger partial charge in [0.15, 0.2) is 21.5 Å². The highest BCUT2D eigenvalue weighted by atomic mass is 35.5. The first kappa shape index (κ1) is 27.2. The molecule has 3 N–H and O–H groups in total. The fourth-order valence-electron chi connectivity index (χ4n) is 7.01. The van der Waals surface area contributed by atoms with Crippen LogP contribution in [0.15, 0.2) is 24.4 Å². The lowest BCUT2D eigenvalue weighted by Gasteiger charge is -2.46. The molecule has 212 valence electrons. The SMILES string of the molecule is CC1(CNc2nc(-c3cc(NC45CCC(CC4)NC4CS(=O)(=O)CCC45)ncc3Cl)ccc2F)CCOCC1. The average molecular weight is 578 g/mol. The minimum atomic E-state index is -3.03. The number of ether oxygens (including phenoxy) is 1. The van der Waals surface area contributed by atoms with Gasteiger partial charge in [0.1, 0.15) is 5.82 Å². The number of rotatable bonds is 6. The zero-order chi connectivity index (χ0) is 27.3. The van der Waals surface area contributed by atoms with Crippen molar-refractivity contribution < 1.29 is 17.5 Å². The molecule has 4 saturated heterocycles. The first-order valence-corrected chi connectivity index (χ1v) is 16.2. The Hall–Kier alpha value is -2.01. The predicted octanol–water partition coefficient (Wildman–Crippen LogP) is 4.66. The average Bonchev–Trinajstić information content (AvgIpc) is 3.14. The van der Waals surface area contributed by atoms with Crippen molar-refractivity contribution in [2.24, 2.45) is 11.3 Å². The summed E-state index contributed by atoms with van der Waals surface area (Å²) in [7, 11) is -3.03. The van der Waals surface area contributed by atoms with Crippen molar-refractivity contribution in [2.45, 2.75) is 69.5 Å². The number of aromatic nitrogens is 2. The van der Waals surface area contributed by atoms with Crippen LogP contribution in [0, 0.1) is 17.2 Å². The molecule has 0 amide bonds. The number of anilines is 2. The third kappa shape index (κ3) is 5.62. The first-order valence-electron chi connectivity index (χ1n) is 14.0. The molecule has 1 aliphatic carbocycles. The van der Waals surface area contributed by atoms with Gasteiger partial charge in [0, 0.05) is 49.1 Å². The van der Waals surface area contributed by atoms with Crippen LogP contribution in [0.3, 0.4) is 0 Å². The lowest BCUT2D eigenvalue weighted by molar-refractivity contribution is 0.0299. The minimum Gasteiger partial charge on any atom is -0.381 e. The van der Waals surface area contributed by atoms with Crippen molar-refractivity contribution in [3.05, 3.63) is 35.2 Å². The number of nitrogens with zero attached hydrogens (tertiary/aromatic N) is 2. The van der Waals surface area contributed by atoms with Crippen LogP contribution >= 0.6 is 11.6 Å². The van der Waals surface area contributed by atoms with E-state index in [4.69, 9.17) is 16.3 Å². The van der Waals surface area contributed by atoms with Crippen LogP contribution in [0.25, 0.3) is 11.3 Å². The van der Waals surface area contributed by atoms with E-state index in [1.54, 1.807) is 12.3 Å². The second-order valence-corrected chi connectivity index (χ2v) is 14.8. The smallest absolute Gasteiger partial charge is 0.165 e. The highest BCUT2D eigenvalue weighted by Crippen LogP contribution is 2.46. The molecule has 5 aliphatic rings. The van der Waals surface area contributed by atoms with Crippen LogP contribution < -0.4 is 16.0 Å². The molecule has 2 unspecified atom stereocenters. The van der Waals surface area contributed by atoms with Crippen molar-refractivity contribution in [1.82, 2.24) is 15.3 Å². The molecule has 2 aromatic rings. The molecule has 0 aromatic carbocycles. The van der Waals surface area contributed by atoms with Gasteiger partial charge in [0.2, 0.25) is 0 Å². The zero-order valence-corrected chi connectivity index (χ0v) is 23.9. The minimum absolute atomic E-state index is 0.0238. The van der Waals surface area contributed by atoms with Crippen molar-refractivity contribution >= 4 is 33.1 Å². The molecule has 8 nitrogen and oxygen atoms in total. The van der Waals surface area contributed by atoms with Gasteiger partial charge >= 0.3 is 0 Å². The maximum atomic E-state index is 14.7. The van der Waals surface area contributed by atoms with Gasteiger partial charge in [0.05, 0.1) is 22.2 Å². The van der Waals surface area contributed by atoms with Crippen molar-refractivity contribution in [3.8, 4) is 11.3 Å². The highest BCUT2D eigenvalue weighted by Gasteiger charge is 2.52. The topological polar surface area (TPSA) is 105 Å². The van der Waals surface area contributed by atoms with Crippen LogP contribution in [0.4, 0.5) is 16.0 Å². The van der Waals surface area contributed by atoms with Gasteiger partial charge in [-0.3, -0.25) is 0 Å². The Morgan fingerprint density at radius 2 is 1.95 bits per heavy atom. The number of halogens is 2. The van der Waals surface area contributed by atoms with Crippen LogP contribution in [0.5, 0.6) is 0 Å². The van der Waals surface area contributed by atoms with Crippen molar-refractivity contribution in [1.29, 1.82) is 0 Å². The number of pyridine rings is 2. The Balaban J connectivity index is 1.25. The normalized spacial score (nSPS) is 31.2. The van der Waals surface area contributed by atoms with Crippen LogP contribution in [0.2, 0.25) is 5.02 Å². The van der Waals surface area contributed by atoms with E-state index in [0.29, 0.717) is 54.3 Å². The van der Waals surface area contributed by atoms with Gasteiger partial charge in [-0.15, -0.1) is 0 Å². The molecular weight excluding hydrogens is 541 g/mol. The van der Waals surface area contributed by atoms with Gasteiger partial charge in [-0.1, -0.05) is 18.5 Å². The largest absolute Gasteiger partial charge is 0.381 e. The molecule has 4 aliphatic heterocycles. The molecular formula is C28H37ClFN5O3S. The molecule has 1 saturated carbocycles. The summed E-state index contributed by atoms with van der Waals surface area (Å²) in [5, 5.41) is 11.1. The number of nitrogens with one attached hydrogen (secondary N) is 3. The van der Waals surface area contributed by atoms with Gasteiger partial charge in [0.25, 0.3) is 0 Å². The monoisotopic (exact) mass is 577 g/mol. The third-order valence-electron chi connectivity index (χ3n) is 9.43. The molecule has 6 heterocycles. The van der Waals surface area contributed by atoms with E-state index < -0.39 is 15.7 Å². The Morgan fingerprint density at radius 1 is 1.18 bits per heavy atom. The van der Waals surface area contributed by atoms with E-state index in [1.807, 2.05) is 6.07 Å². The highest BCUT2D eigenvalue weighted by molar-refractivity contribution is 7.91. The van der Waals surface area contributed by atoms with E-state index in [9.17, 15) is 12.8 Å². The van der Waals surface area contributed by atoms with E-state index >= 15 is 0 Å². The molecule has 2 bridgehead atoms. The Morgan fingerprint density at radius 3 is 2.72 bits per heavy atom. The molecule has 2 atom stereocenters. The summed E-state index contributed by atoms with van der Waals surface area (Å²) in [4.78, 5) is 9.22. The summed E-state index contributed by atoms with van der Waals surface area (Å²) in [6, 6.07) is 5.26. The third-order valence-corrected chi connectivity index (χ3v) is 11.5. The van der Waals surface area contributed by atoms with Crippen molar-refractivity contribution in [3.63, 3.8) is 0 Å². The quantitative estimate of drug-likeness (QED) is 0.455. The van der Waals surface area contributed by atoms with Crippen LogP contribution in [-0.4, -0.2) is 67.3 Å². The standard InChI is InChI=1S/C28H37ClFN5O3S/c1-27(9-11-38-12-10-27)17-32-26-22(30)2-3-23(34-26)19-14-25(31-15-21(19)29)35-28-7-4-18(5-8-28)33-24-16-39(36,37)13-6-20(24)28/h2-3,14-15,18,20,24,33H,4-13,16-17H2,1H3,(H,31,35)(H,32,34). The van der Waals surface area contributed by atoms with E-state index in [2.05, 4.69) is 32.8 Å². The Kier molecular flexibility index (Phi) is 7.27.